The van der Waals surface area contributed by atoms with Crippen molar-refractivity contribution in [3.8, 4) is 11.4 Å². The zero-order valence-electron chi connectivity index (χ0n) is 12.5. The summed E-state index contributed by atoms with van der Waals surface area (Å²) < 4.78 is 5.42. The fourth-order valence-electron chi connectivity index (χ4n) is 2.77. The normalized spacial score (nSPS) is 15.0. The monoisotopic (exact) mass is 311 g/mol. The van der Waals surface area contributed by atoms with Gasteiger partial charge in [-0.3, -0.25) is 4.90 Å². The molecule has 1 aliphatic heterocycles. The van der Waals surface area contributed by atoms with Gasteiger partial charge in [-0.25, -0.2) is 0 Å². The Balaban J connectivity index is 1.47. The van der Waals surface area contributed by atoms with Crippen LogP contribution in [0.2, 0.25) is 0 Å². The van der Waals surface area contributed by atoms with Gasteiger partial charge in [-0.15, -0.1) is 11.3 Å². The molecule has 3 heterocycles. The van der Waals surface area contributed by atoms with Gasteiger partial charge < -0.3 is 4.52 Å². The molecule has 0 atom stereocenters. The summed E-state index contributed by atoms with van der Waals surface area (Å²) in [4.78, 5) is 8.41. The Labute approximate surface area is 133 Å². The van der Waals surface area contributed by atoms with Crippen LogP contribution in [0.1, 0.15) is 21.9 Å². The van der Waals surface area contributed by atoms with E-state index in [1.165, 1.54) is 16.0 Å². The molecule has 0 spiro atoms. The molecule has 0 amide bonds. The molecule has 0 unspecified atom stereocenters. The Morgan fingerprint density at radius 1 is 1.23 bits per heavy atom. The molecule has 1 aliphatic rings. The van der Waals surface area contributed by atoms with Gasteiger partial charge in [-0.2, -0.15) is 4.98 Å². The molecule has 0 saturated carbocycles. The molecule has 112 valence electrons. The minimum atomic E-state index is 0.670. The van der Waals surface area contributed by atoms with Crippen molar-refractivity contribution >= 4 is 11.3 Å². The largest absolute Gasteiger partial charge is 0.338 e. The Hall–Kier alpha value is -1.98. The first-order chi connectivity index (χ1) is 10.8. The molecule has 4 rings (SSSR count). The lowest BCUT2D eigenvalue weighted by molar-refractivity contribution is 0.212. The second-order valence-electron chi connectivity index (χ2n) is 5.71. The lowest BCUT2D eigenvalue weighted by Crippen LogP contribution is -2.29. The molecular formula is C17H17N3OS. The van der Waals surface area contributed by atoms with Crippen LogP contribution in [0.4, 0.5) is 0 Å². The van der Waals surface area contributed by atoms with Crippen LogP contribution in [-0.2, 0) is 19.5 Å². The summed E-state index contributed by atoms with van der Waals surface area (Å²) in [6.07, 6.45) is 1.12. The molecule has 0 aliphatic carbocycles. The summed E-state index contributed by atoms with van der Waals surface area (Å²) in [6.45, 7) is 4.81. The lowest BCUT2D eigenvalue weighted by Gasteiger charge is -2.24. The molecule has 22 heavy (non-hydrogen) atoms. The summed E-state index contributed by atoms with van der Waals surface area (Å²) in [5, 5.41) is 6.28. The van der Waals surface area contributed by atoms with Crippen molar-refractivity contribution < 1.29 is 4.52 Å². The van der Waals surface area contributed by atoms with E-state index in [2.05, 4.69) is 45.5 Å². The van der Waals surface area contributed by atoms with E-state index in [9.17, 15) is 0 Å². The highest BCUT2D eigenvalue weighted by molar-refractivity contribution is 7.10. The number of hydrogen-bond donors (Lipinski definition) is 0. The predicted molar refractivity (Wildman–Crippen MR) is 86.6 cm³/mol. The number of aryl methyl sites for hydroxylation is 1. The highest BCUT2D eigenvalue weighted by Gasteiger charge is 2.19. The summed E-state index contributed by atoms with van der Waals surface area (Å²) in [5.74, 6) is 1.36. The third kappa shape index (κ3) is 2.69. The second kappa shape index (κ2) is 5.66. The number of rotatable bonds is 3. The number of aromatic nitrogens is 2. The number of benzene rings is 1. The van der Waals surface area contributed by atoms with Crippen LogP contribution >= 0.6 is 11.3 Å². The third-order valence-corrected chi connectivity index (χ3v) is 5.05. The Morgan fingerprint density at radius 3 is 2.95 bits per heavy atom. The van der Waals surface area contributed by atoms with Crippen LogP contribution in [0, 0.1) is 6.92 Å². The standard InChI is InChI=1S/C17H17N3OS/c1-12-2-4-13(5-3-12)17-18-16(21-19-17)11-20-8-6-15-14(10-20)7-9-22-15/h2-5,7,9H,6,8,10-11H2,1H3. The average Bonchev–Trinajstić information content (AvgIpc) is 3.17. The number of hydrogen-bond acceptors (Lipinski definition) is 5. The van der Waals surface area contributed by atoms with Crippen molar-refractivity contribution in [1.82, 2.24) is 15.0 Å². The molecule has 3 aromatic rings. The predicted octanol–water partition coefficient (Wildman–Crippen LogP) is 3.66. The van der Waals surface area contributed by atoms with E-state index in [4.69, 9.17) is 4.52 Å². The van der Waals surface area contributed by atoms with Crippen LogP contribution < -0.4 is 0 Å². The van der Waals surface area contributed by atoms with Gasteiger partial charge in [0.05, 0.1) is 6.54 Å². The average molecular weight is 311 g/mol. The molecule has 5 heteroatoms. The van der Waals surface area contributed by atoms with Gasteiger partial charge in [-0.05, 0) is 30.4 Å². The quantitative estimate of drug-likeness (QED) is 0.740. The second-order valence-corrected chi connectivity index (χ2v) is 6.71. The molecule has 1 aromatic carbocycles. The fourth-order valence-corrected chi connectivity index (χ4v) is 3.66. The first-order valence-electron chi connectivity index (χ1n) is 7.45. The smallest absolute Gasteiger partial charge is 0.241 e. The summed E-state index contributed by atoms with van der Waals surface area (Å²) in [7, 11) is 0. The van der Waals surface area contributed by atoms with Gasteiger partial charge in [0.1, 0.15) is 0 Å². The zero-order valence-corrected chi connectivity index (χ0v) is 13.3. The van der Waals surface area contributed by atoms with E-state index in [1.54, 1.807) is 0 Å². The number of fused-ring (bicyclic) bond motifs is 1. The van der Waals surface area contributed by atoms with Gasteiger partial charge in [0, 0.05) is 23.5 Å². The minimum absolute atomic E-state index is 0.670. The molecule has 4 nitrogen and oxygen atoms in total. The van der Waals surface area contributed by atoms with Gasteiger partial charge in [-0.1, -0.05) is 35.0 Å². The number of nitrogens with zero attached hydrogens (tertiary/aromatic N) is 3. The summed E-state index contributed by atoms with van der Waals surface area (Å²) in [5.41, 5.74) is 3.67. The van der Waals surface area contributed by atoms with Crippen molar-refractivity contribution in [1.29, 1.82) is 0 Å². The molecule has 0 fully saturated rings. The summed E-state index contributed by atoms with van der Waals surface area (Å²) in [6, 6.07) is 10.4. The zero-order chi connectivity index (χ0) is 14.9. The maximum Gasteiger partial charge on any atom is 0.241 e. The molecule has 0 radical (unpaired) electrons. The molecule has 0 N–H and O–H groups in total. The maximum absolute atomic E-state index is 5.42. The topological polar surface area (TPSA) is 42.2 Å². The molecule has 0 bridgehead atoms. The Kier molecular flexibility index (Phi) is 3.52. The van der Waals surface area contributed by atoms with Crippen LogP contribution in [0.25, 0.3) is 11.4 Å². The van der Waals surface area contributed by atoms with Crippen LogP contribution in [-0.4, -0.2) is 21.6 Å². The van der Waals surface area contributed by atoms with E-state index in [1.807, 2.05) is 23.5 Å². The minimum Gasteiger partial charge on any atom is -0.338 e. The SMILES string of the molecule is Cc1ccc(-c2noc(CN3CCc4sccc4C3)n2)cc1. The van der Waals surface area contributed by atoms with E-state index in [-0.39, 0.29) is 0 Å². The lowest BCUT2D eigenvalue weighted by atomic mass is 10.1. The van der Waals surface area contributed by atoms with E-state index >= 15 is 0 Å². The van der Waals surface area contributed by atoms with Crippen molar-refractivity contribution in [2.24, 2.45) is 0 Å². The Bertz CT molecular complexity index is 775. The fraction of sp³-hybridized carbons (Fsp3) is 0.294. The maximum atomic E-state index is 5.42. The van der Waals surface area contributed by atoms with Crippen molar-refractivity contribution in [3.63, 3.8) is 0 Å². The highest BCUT2D eigenvalue weighted by Crippen LogP contribution is 2.25. The van der Waals surface area contributed by atoms with Gasteiger partial charge in [0.15, 0.2) is 0 Å². The van der Waals surface area contributed by atoms with E-state index < -0.39 is 0 Å². The van der Waals surface area contributed by atoms with Crippen molar-refractivity contribution in [2.75, 3.05) is 6.54 Å². The van der Waals surface area contributed by atoms with Gasteiger partial charge in [0.25, 0.3) is 0 Å². The van der Waals surface area contributed by atoms with Crippen LogP contribution in [0.3, 0.4) is 0 Å². The molecular weight excluding hydrogens is 294 g/mol. The van der Waals surface area contributed by atoms with Gasteiger partial charge in [0.2, 0.25) is 11.7 Å². The van der Waals surface area contributed by atoms with Crippen LogP contribution in [0.5, 0.6) is 0 Å². The van der Waals surface area contributed by atoms with Crippen molar-refractivity contribution in [2.45, 2.75) is 26.4 Å². The van der Waals surface area contributed by atoms with Crippen LogP contribution in [0.15, 0.2) is 40.2 Å². The van der Waals surface area contributed by atoms with E-state index in [0.717, 1.165) is 25.1 Å². The summed E-state index contributed by atoms with van der Waals surface area (Å²) >= 11 is 1.86. The van der Waals surface area contributed by atoms with Gasteiger partial charge >= 0.3 is 0 Å². The first-order valence-corrected chi connectivity index (χ1v) is 8.33. The molecule has 2 aromatic heterocycles. The third-order valence-electron chi connectivity index (χ3n) is 4.02. The first kappa shape index (κ1) is 13.7. The van der Waals surface area contributed by atoms with Crippen molar-refractivity contribution in [3.05, 3.63) is 57.6 Å². The highest BCUT2D eigenvalue weighted by atomic mass is 32.1. The van der Waals surface area contributed by atoms with E-state index in [0.29, 0.717) is 18.3 Å². The Morgan fingerprint density at radius 2 is 2.09 bits per heavy atom. The number of thiophene rings is 1. The molecule has 0 saturated heterocycles.